The molecule has 0 radical (unpaired) electrons. The number of nitrogens with one attached hydrogen (secondary N) is 1. The summed E-state index contributed by atoms with van der Waals surface area (Å²) in [6.45, 7) is 9.10. The van der Waals surface area contributed by atoms with E-state index in [0.717, 1.165) is 26.1 Å². The van der Waals surface area contributed by atoms with Crippen LogP contribution in [0.25, 0.3) is 0 Å². The number of hydrogen-bond acceptors (Lipinski definition) is 5. The number of methoxy groups -OCH3 is 1. The molecule has 1 heterocycles. The number of nitrogens with zero attached hydrogens (tertiary/aromatic N) is 1. The van der Waals surface area contributed by atoms with Crippen LogP contribution in [0.3, 0.4) is 0 Å². The van der Waals surface area contributed by atoms with Crippen molar-refractivity contribution in [3.8, 4) is 0 Å². The molecule has 2 atom stereocenters. The number of alkyl carbamates (subject to hydrolysis) is 1. The number of amides is 1. The van der Waals surface area contributed by atoms with Gasteiger partial charge in [0.2, 0.25) is 0 Å². The van der Waals surface area contributed by atoms with Crippen molar-refractivity contribution in [2.75, 3.05) is 33.4 Å². The molecule has 0 bridgehead atoms. The number of hydrogen-bond donors (Lipinski definition) is 1. The van der Waals surface area contributed by atoms with E-state index in [1.165, 1.54) is 7.11 Å². The molecule has 122 valence electrons. The normalized spacial score (nSPS) is 22.9. The number of carbonyl (C=O) groups excluding carboxylic acids is 2. The first-order chi connectivity index (χ1) is 9.94. The topological polar surface area (TPSA) is 67.9 Å². The maximum absolute atomic E-state index is 11.6. The minimum atomic E-state index is -0.384. The summed E-state index contributed by atoms with van der Waals surface area (Å²) < 4.78 is 9.69. The van der Waals surface area contributed by atoms with Crippen molar-refractivity contribution in [1.29, 1.82) is 0 Å². The number of piperidine rings is 1. The van der Waals surface area contributed by atoms with Crippen molar-refractivity contribution in [2.24, 2.45) is 11.8 Å². The van der Waals surface area contributed by atoms with Crippen LogP contribution in [0.2, 0.25) is 0 Å². The molecule has 0 spiro atoms. The van der Waals surface area contributed by atoms with Crippen molar-refractivity contribution < 1.29 is 19.1 Å². The minimum Gasteiger partial charge on any atom is -0.469 e. The van der Waals surface area contributed by atoms with E-state index in [9.17, 15) is 9.59 Å². The van der Waals surface area contributed by atoms with Crippen LogP contribution < -0.4 is 5.32 Å². The van der Waals surface area contributed by atoms with Gasteiger partial charge in [-0.1, -0.05) is 13.8 Å². The quantitative estimate of drug-likeness (QED) is 0.755. The summed E-state index contributed by atoms with van der Waals surface area (Å²) in [6, 6.07) is 0.0196. The molecule has 21 heavy (non-hydrogen) atoms. The third-order valence-corrected chi connectivity index (χ3v) is 3.52. The number of likely N-dealkylation sites (tertiary alicyclic amines) is 1. The van der Waals surface area contributed by atoms with E-state index in [0.29, 0.717) is 18.9 Å². The van der Waals surface area contributed by atoms with Crippen LogP contribution in [0.1, 0.15) is 33.6 Å². The molecule has 1 saturated heterocycles. The molecule has 6 heteroatoms. The molecule has 0 aromatic rings. The average Bonchev–Trinajstić information content (AvgIpc) is 2.37. The van der Waals surface area contributed by atoms with Gasteiger partial charge in [0.05, 0.1) is 13.7 Å². The van der Waals surface area contributed by atoms with Gasteiger partial charge in [-0.3, -0.25) is 4.79 Å². The van der Waals surface area contributed by atoms with Gasteiger partial charge in [-0.25, -0.2) is 4.79 Å². The highest BCUT2D eigenvalue weighted by Crippen LogP contribution is 2.21. The lowest BCUT2D eigenvalue weighted by Crippen LogP contribution is -2.52. The van der Waals surface area contributed by atoms with Crippen molar-refractivity contribution in [3.05, 3.63) is 0 Å². The first kappa shape index (κ1) is 17.8. The molecule has 0 saturated carbocycles. The van der Waals surface area contributed by atoms with Crippen LogP contribution >= 0.6 is 0 Å². The van der Waals surface area contributed by atoms with Crippen LogP contribution in [0.15, 0.2) is 0 Å². The average molecular weight is 300 g/mol. The van der Waals surface area contributed by atoms with E-state index in [1.54, 1.807) is 6.92 Å². The van der Waals surface area contributed by atoms with Gasteiger partial charge in [-0.05, 0) is 25.2 Å². The second kappa shape index (κ2) is 8.87. The van der Waals surface area contributed by atoms with Crippen LogP contribution in [-0.2, 0) is 14.3 Å². The van der Waals surface area contributed by atoms with E-state index < -0.39 is 0 Å². The third kappa shape index (κ3) is 6.80. The van der Waals surface area contributed by atoms with E-state index in [2.05, 4.69) is 24.1 Å². The SMILES string of the molecule is CCOC(=O)NC1CC(CC(=O)OC)CN(CC(C)C)C1. The molecule has 0 aromatic carbocycles. The number of esters is 1. The second-order valence-electron chi connectivity index (χ2n) is 6.06. The van der Waals surface area contributed by atoms with Crippen LogP contribution in [-0.4, -0.2) is 56.4 Å². The predicted octanol–water partition coefficient (Wildman–Crippen LogP) is 1.64. The summed E-state index contributed by atoms with van der Waals surface area (Å²) in [7, 11) is 1.41. The summed E-state index contributed by atoms with van der Waals surface area (Å²) in [5.41, 5.74) is 0. The summed E-state index contributed by atoms with van der Waals surface area (Å²) in [5.74, 6) is 0.559. The van der Waals surface area contributed by atoms with Crippen molar-refractivity contribution in [3.63, 3.8) is 0 Å². The number of carbonyl (C=O) groups is 2. The highest BCUT2D eigenvalue weighted by molar-refractivity contribution is 5.69. The van der Waals surface area contributed by atoms with Gasteiger partial charge < -0.3 is 19.7 Å². The highest BCUT2D eigenvalue weighted by atomic mass is 16.5. The zero-order valence-corrected chi connectivity index (χ0v) is 13.6. The Balaban J connectivity index is 2.60. The molecule has 1 rings (SSSR count). The Morgan fingerprint density at radius 2 is 2.05 bits per heavy atom. The Bertz CT molecular complexity index is 347. The summed E-state index contributed by atoms with van der Waals surface area (Å²) in [4.78, 5) is 25.4. The Morgan fingerprint density at radius 1 is 1.33 bits per heavy atom. The van der Waals surface area contributed by atoms with Crippen molar-refractivity contribution in [1.82, 2.24) is 10.2 Å². The van der Waals surface area contributed by atoms with Crippen molar-refractivity contribution >= 4 is 12.1 Å². The lowest BCUT2D eigenvalue weighted by atomic mass is 9.91. The predicted molar refractivity (Wildman–Crippen MR) is 80.0 cm³/mol. The monoisotopic (exact) mass is 300 g/mol. The zero-order valence-electron chi connectivity index (χ0n) is 13.6. The van der Waals surface area contributed by atoms with Gasteiger partial charge in [-0.15, -0.1) is 0 Å². The lowest BCUT2D eigenvalue weighted by Gasteiger charge is -2.38. The molecule has 1 aliphatic heterocycles. The molecule has 1 N–H and O–H groups in total. The van der Waals surface area contributed by atoms with Gasteiger partial charge in [-0.2, -0.15) is 0 Å². The Kier molecular flexibility index (Phi) is 7.50. The second-order valence-corrected chi connectivity index (χ2v) is 6.06. The zero-order chi connectivity index (χ0) is 15.8. The molecule has 0 aromatic heterocycles. The van der Waals surface area contributed by atoms with E-state index in [1.807, 2.05) is 0 Å². The number of rotatable bonds is 6. The molecule has 2 unspecified atom stereocenters. The van der Waals surface area contributed by atoms with Gasteiger partial charge in [0, 0.05) is 32.1 Å². The van der Waals surface area contributed by atoms with Crippen LogP contribution in [0.5, 0.6) is 0 Å². The molecule has 0 aliphatic carbocycles. The fraction of sp³-hybridized carbons (Fsp3) is 0.867. The van der Waals surface area contributed by atoms with Crippen molar-refractivity contribution in [2.45, 2.75) is 39.7 Å². The fourth-order valence-electron chi connectivity index (χ4n) is 2.88. The van der Waals surface area contributed by atoms with Gasteiger partial charge >= 0.3 is 12.1 Å². The lowest BCUT2D eigenvalue weighted by molar-refractivity contribution is -0.142. The smallest absolute Gasteiger partial charge is 0.407 e. The Labute approximate surface area is 127 Å². The summed E-state index contributed by atoms with van der Waals surface area (Å²) in [5, 5.41) is 2.89. The molecule has 1 fully saturated rings. The summed E-state index contributed by atoms with van der Waals surface area (Å²) >= 11 is 0. The van der Waals surface area contributed by atoms with E-state index in [-0.39, 0.29) is 24.0 Å². The Morgan fingerprint density at radius 3 is 2.62 bits per heavy atom. The largest absolute Gasteiger partial charge is 0.469 e. The Hall–Kier alpha value is -1.30. The first-order valence-corrected chi connectivity index (χ1v) is 7.67. The fourth-order valence-corrected chi connectivity index (χ4v) is 2.88. The highest BCUT2D eigenvalue weighted by Gasteiger charge is 2.30. The van der Waals surface area contributed by atoms with Gasteiger partial charge in [0.15, 0.2) is 0 Å². The van der Waals surface area contributed by atoms with Crippen LogP contribution in [0, 0.1) is 11.8 Å². The van der Waals surface area contributed by atoms with Gasteiger partial charge in [0.25, 0.3) is 0 Å². The molecular formula is C15H28N2O4. The maximum atomic E-state index is 11.6. The van der Waals surface area contributed by atoms with Crippen LogP contribution in [0.4, 0.5) is 4.79 Å². The molecule has 1 amide bonds. The molecule has 1 aliphatic rings. The minimum absolute atomic E-state index is 0.0196. The molecular weight excluding hydrogens is 272 g/mol. The maximum Gasteiger partial charge on any atom is 0.407 e. The van der Waals surface area contributed by atoms with Gasteiger partial charge in [0.1, 0.15) is 0 Å². The van der Waals surface area contributed by atoms with E-state index >= 15 is 0 Å². The standard InChI is InChI=1S/C15H28N2O4/c1-5-21-15(19)16-13-6-12(7-14(18)20-4)9-17(10-13)8-11(2)3/h11-13H,5-10H2,1-4H3,(H,16,19). The molecule has 6 nitrogen and oxygen atoms in total. The summed E-state index contributed by atoms with van der Waals surface area (Å²) in [6.07, 6.45) is 0.792. The first-order valence-electron chi connectivity index (χ1n) is 7.67. The number of ether oxygens (including phenoxy) is 2. The van der Waals surface area contributed by atoms with E-state index in [4.69, 9.17) is 9.47 Å². The third-order valence-electron chi connectivity index (χ3n) is 3.52.